The maximum absolute atomic E-state index is 12.7. The first kappa shape index (κ1) is 13.5. The van der Waals surface area contributed by atoms with E-state index < -0.39 is 23.3 Å². The molecule has 0 amide bonds. The van der Waals surface area contributed by atoms with E-state index in [1.165, 1.54) is 4.57 Å². The van der Waals surface area contributed by atoms with Gasteiger partial charge in [-0.1, -0.05) is 0 Å². The first-order valence-corrected chi connectivity index (χ1v) is 5.65. The number of hydrogen-bond acceptors (Lipinski definition) is 2. The zero-order chi connectivity index (χ0) is 14.3. The Morgan fingerprint density at radius 2 is 2.11 bits per heavy atom. The van der Waals surface area contributed by atoms with Gasteiger partial charge in [-0.15, -0.1) is 0 Å². The van der Waals surface area contributed by atoms with E-state index in [4.69, 9.17) is 10.4 Å². The SMILES string of the molecule is N#CCC1(Cn2cc(C(=O)O)c(C(F)(F)F)c2)CC1. The van der Waals surface area contributed by atoms with Crippen LogP contribution in [0.25, 0.3) is 0 Å². The summed E-state index contributed by atoms with van der Waals surface area (Å²) in [5.74, 6) is -1.60. The third kappa shape index (κ3) is 2.72. The van der Waals surface area contributed by atoms with Crippen LogP contribution in [0.2, 0.25) is 0 Å². The number of carboxylic acids is 1. The first-order chi connectivity index (χ1) is 8.77. The molecule has 102 valence electrons. The summed E-state index contributed by atoms with van der Waals surface area (Å²) < 4.78 is 39.3. The molecule has 0 bridgehead atoms. The second kappa shape index (κ2) is 4.30. The van der Waals surface area contributed by atoms with Gasteiger partial charge in [0.2, 0.25) is 0 Å². The molecule has 1 fully saturated rings. The molecule has 0 saturated heterocycles. The number of nitriles is 1. The predicted octanol–water partition coefficient (Wildman–Crippen LogP) is 2.90. The van der Waals surface area contributed by atoms with Gasteiger partial charge < -0.3 is 9.67 Å². The summed E-state index contributed by atoms with van der Waals surface area (Å²) in [6.07, 6.45) is -1.06. The Labute approximate surface area is 107 Å². The molecule has 1 N–H and O–H groups in total. The number of carboxylic acid groups (broad SMARTS) is 1. The third-order valence-electron chi connectivity index (χ3n) is 3.34. The lowest BCUT2D eigenvalue weighted by Gasteiger charge is -2.11. The van der Waals surface area contributed by atoms with E-state index in [9.17, 15) is 18.0 Å². The molecule has 0 aromatic carbocycles. The average molecular weight is 272 g/mol. The van der Waals surface area contributed by atoms with Crippen LogP contribution < -0.4 is 0 Å². The summed E-state index contributed by atoms with van der Waals surface area (Å²) >= 11 is 0. The fraction of sp³-hybridized carbons (Fsp3) is 0.500. The summed E-state index contributed by atoms with van der Waals surface area (Å²) in [5.41, 5.74) is -2.18. The highest BCUT2D eigenvalue weighted by atomic mass is 19.4. The lowest BCUT2D eigenvalue weighted by molar-refractivity contribution is -0.138. The number of nitrogens with zero attached hydrogens (tertiary/aromatic N) is 2. The van der Waals surface area contributed by atoms with Crippen LogP contribution in [0.3, 0.4) is 0 Å². The number of hydrogen-bond donors (Lipinski definition) is 1. The molecule has 1 aromatic heterocycles. The molecule has 1 aliphatic rings. The number of aromatic carboxylic acids is 1. The van der Waals surface area contributed by atoms with Gasteiger partial charge in [0.25, 0.3) is 0 Å². The third-order valence-corrected chi connectivity index (χ3v) is 3.34. The van der Waals surface area contributed by atoms with Gasteiger partial charge in [0, 0.05) is 30.8 Å². The normalized spacial score (nSPS) is 16.9. The minimum atomic E-state index is -4.69. The van der Waals surface area contributed by atoms with Gasteiger partial charge in [-0.25, -0.2) is 4.79 Å². The summed E-state index contributed by atoms with van der Waals surface area (Å²) in [6, 6.07) is 2.01. The van der Waals surface area contributed by atoms with E-state index in [2.05, 4.69) is 0 Å². The average Bonchev–Trinajstić information content (AvgIpc) is 2.87. The lowest BCUT2D eigenvalue weighted by Crippen LogP contribution is -2.10. The maximum atomic E-state index is 12.7. The van der Waals surface area contributed by atoms with Crippen molar-refractivity contribution >= 4 is 5.97 Å². The van der Waals surface area contributed by atoms with E-state index >= 15 is 0 Å². The Balaban J connectivity index is 2.29. The van der Waals surface area contributed by atoms with Crippen molar-refractivity contribution in [1.82, 2.24) is 4.57 Å². The van der Waals surface area contributed by atoms with Gasteiger partial charge in [-0.2, -0.15) is 18.4 Å². The maximum Gasteiger partial charge on any atom is 0.418 e. The predicted molar refractivity (Wildman–Crippen MR) is 58.3 cm³/mol. The lowest BCUT2D eigenvalue weighted by atomic mass is 10.0. The Bertz CT molecular complexity index is 550. The van der Waals surface area contributed by atoms with Crippen LogP contribution in [-0.2, 0) is 12.7 Å². The van der Waals surface area contributed by atoms with Crippen LogP contribution in [0.4, 0.5) is 13.2 Å². The molecule has 1 saturated carbocycles. The molecule has 0 unspecified atom stereocenters. The largest absolute Gasteiger partial charge is 0.478 e. The molecule has 0 spiro atoms. The van der Waals surface area contributed by atoms with Gasteiger partial charge in [0.1, 0.15) is 0 Å². The molecular weight excluding hydrogens is 261 g/mol. The summed E-state index contributed by atoms with van der Waals surface area (Å²) in [6.45, 7) is 0.247. The van der Waals surface area contributed by atoms with Crippen molar-refractivity contribution in [2.75, 3.05) is 0 Å². The van der Waals surface area contributed by atoms with Crippen LogP contribution in [0.1, 0.15) is 35.2 Å². The zero-order valence-corrected chi connectivity index (χ0v) is 9.87. The Morgan fingerprint density at radius 1 is 1.47 bits per heavy atom. The van der Waals surface area contributed by atoms with Crippen LogP contribution in [0.5, 0.6) is 0 Å². The molecule has 7 heteroatoms. The molecule has 1 heterocycles. The highest BCUT2D eigenvalue weighted by molar-refractivity contribution is 5.89. The van der Waals surface area contributed by atoms with E-state index in [1.807, 2.05) is 6.07 Å². The topological polar surface area (TPSA) is 66.0 Å². The van der Waals surface area contributed by atoms with Crippen molar-refractivity contribution in [3.05, 3.63) is 23.5 Å². The highest BCUT2D eigenvalue weighted by Crippen LogP contribution is 2.50. The summed E-state index contributed by atoms with van der Waals surface area (Å²) in [7, 11) is 0. The number of alkyl halides is 3. The van der Waals surface area contributed by atoms with Gasteiger partial charge in [-0.3, -0.25) is 0 Å². The van der Waals surface area contributed by atoms with Gasteiger partial charge in [0.15, 0.2) is 0 Å². The molecule has 4 nitrogen and oxygen atoms in total. The van der Waals surface area contributed by atoms with E-state index in [-0.39, 0.29) is 18.4 Å². The van der Waals surface area contributed by atoms with E-state index in [0.717, 1.165) is 25.2 Å². The Hall–Kier alpha value is -1.97. The van der Waals surface area contributed by atoms with Gasteiger partial charge in [0.05, 0.1) is 17.2 Å². The van der Waals surface area contributed by atoms with Crippen molar-refractivity contribution in [3.8, 4) is 6.07 Å². The van der Waals surface area contributed by atoms with Crippen molar-refractivity contribution in [2.24, 2.45) is 5.41 Å². The van der Waals surface area contributed by atoms with Crippen LogP contribution in [0, 0.1) is 16.7 Å². The highest BCUT2D eigenvalue weighted by Gasteiger charge is 2.44. The molecule has 0 radical (unpaired) electrons. The van der Waals surface area contributed by atoms with Gasteiger partial charge >= 0.3 is 12.1 Å². The summed E-state index contributed by atoms with van der Waals surface area (Å²) in [5, 5.41) is 17.5. The first-order valence-electron chi connectivity index (χ1n) is 5.65. The smallest absolute Gasteiger partial charge is 0.418 e. The minimum Gasteiger partial charge on any atom is -0.478 e. The monoisotopic (exact) mass is 272 g/mol. The molecule has 1 aliphatic carbocycles. The number of rotatable bonds is 4. The van der Waals surface area contributed by atoms with Crippen molar-refractivity contribution in [3.63, 3.8) is 0 Å². The zero-order valence-electron chi connectivity index (χ0n) is 9.87. The Morgan fingerprint density at radius 3 is 2.47 bits per heavy atom. The number of halogens is 3. The standard InChI is InChI=1S/C12H11F3N2O2/c13-12(14,15)9-6-17(5-8(9)10(18)19)7-11(1-2-11)3-4-16/h5-6H,1-3,7H2,(H,18,19). The van der Waals surface area contributed by atoms with Crippen LogP contribution >= 0.6 is 0 Å². The van der Waals surface area contributed by atoms with Crippen LogP contribution in [0.15, 0.2) is 12.4 Å². The summed E-state index contributed by atoms with van der Waals surface area (Å²) in [4.78, 5) is 10.8. The molecule has 0 atom stereocenters. The second-order valence-electron chi connectivity index (χ2n) is 4.90. The molecule has 0 aliphatic heterocycles. The van der Waals surface area contributed by atoms with Crippen molar-refractivity contribution < 1.29 is 23.1 Å². The van der Waals surface area contributed by atoms with Gasteiger partial charge in [-0.05, 0) is 12.8 Å². The number of carbonyl (C=O) groups is 1. The second-order valence-corrected chi connectivity index (χ2v) is 4.90. The van der Waals surface area contributed by atoms with Crippen molar-refractivity contribution in [1.29, 1.82) is 5.26 Å². The Kier molecular flexibility index (Phi) is 3.04. The van der Waals surface area contributed by atoms with E-state index in [0.29, 0.717) is 0 Å². The molecule has 1 aromatic rings. The molecular formula is C12H11F3N2O2. The fourth-order valence-corrected chi connectivity index (χ4v) is 2.12. The molecule has 19 heavy (non-hydrogen) atoms. The quantitative estimate of drug-likeness (QED) is 0.916. The number of aromatic nitrogens is 1. The van der Waals surface area contributed by atoms with E-state index in [1.54, 1.807) is 0 Å². The van der Waals surface area contributed by atoms with Crippen LogP contribution in [-0.4, -0.2) is 15.6 Å². The molecule has 2 rings (SSSR count). The minimum absolute atomic E-state index is 0.247. The van der Waals surface area contributed by atoms with Crippen molar-refractivity contribution in [2.45, 2.75) is 32.0 Å². The fourth-order valence-electron chi connectivity index (χ4n) is 2.12.